The van der Waals surface area contributed by atoms with E-state index in [1.807, 2.05) is 0 Å². The van der Waals surface area contributed by atoms with Gasteiger partial charge in [0.25, 0.3) is 0 Å². The third kappa shape index (κ3) is 4.18. The molecule has 0 aliphatic carbocycles. The SMILES string of the molecule is CN(N)CC(CO)C(F)(F)F. The first-order valence-corrected chi connectivity index (χ1v) is 3.01. The lowest BCUT2D eigenvalue weighted by Crippen LogP contribution is -2.40. The van der Waals surface area contributed by atoms with Gasteiger partial charge in [-0.1, -0.05) is 0 Å². The summed E-state index contributed by atoms with van der Waals surface area (Å²) < 4.78 is 35.5. The Bertz CT molecular complexity index is 115. The van der Waals surface area contributed by atoms with E-state index in [-0.39, 0.29) is 6.54 Å². The summed E-state index contributed by atoms with van der Waals surface area (Å²) in [5.74, 6) is 3.24. The van der Waals surface area contributed by atoms with Gasteiger partial charge in [0, 0.05) is 13.6 Å². The maximum absolute atomic E-state index is 11.8. The van der Waals surface area contributed by atoms with Crippen molar-refractivity contribution >= 4 is 0 Å². The zero-order valence-electron chi connectivity index (χ0n) is 6.10. The molecule has 0 aliphatic heterocycles. The maximum Gasteiger partial charge on any atom is 0.395 e. The van der Waals surface area contributed by atoms with Gasteiger partial charge in [0.15, 0.2) is 0 Å². The second-order valence-corrected chi connectivity index (χ2v) is 2.36. The summed E-state index contributed by atoms with van der Waals surface area (Å²) in [7, 11) is 1.31. The van der Waals surface area contributed by atoms with Gasteiger partial charge in [0.05, 0.1) is 12.5 Å². The van der Waals surface area contributed by atoms with E-state index in [4.69, 9.17) is 10.9 Å². The van der Waals surface area contributed by atoms with Crippen LogP contribution in [0.25, 0.3) is 0 Å². The fourth-order valence-electron chi connectivity index (χ4n) is 0.612. The lowest BCUT2D eigenvalue weighted by atomic mass is 10.1. The number of aliphatic hydroxyl groups is 1. The number of halogens is 3. The first-order chi connectivity index (χ1) is 4.88. The minimum absolute atomic E-state index is 0.389. The van der Waals surface area contributed by atoms with Crippen LogP contribution in [-0.2, 0) is 0 Å². The first-order valence-electron chi connectivity index (χ1n) is 3.01. The summed E-state index contributed by atoms with van der Waals surface area (Å²) in [5, 5.41) is 9.21. The van der Waals surface area contributed by atoms with E-state index < -0.39 is 18.7 Å². The Balaban J connectivity index is 3.96. The largest absolute Gasteiger partial charge is 0.396 e. The van der Waals surface area contributed by atoms with Crippen LogP contribution in [0.15, 0.2) is 0 Å². The van der Waals surface area contributed by atoms with Crippen LogP contribution in [0.3, 0.4) is 0 Å². The lowest BCUT2D eigenvalue weighted by molar-refractivity contribution is -0.187. The predicted octanol–water partition coefficient (Wildman–Crippen LogP) is -0.0373. The standard InChI is InChI=1S/C5H11F3N2O/c1-10(9)2-4(3-11)5(6,7)8/h4,11H,2-3,9H2,1H3. The molecule has 0 saturated carbocycles. The Kier molecular flexibility index (Phi) is 3.77. The Hall–Kier alpha value is -0.330. The van der Waals surface area contributed by atoms with Crippen LogP contribution in [0.2, 0.25) is 0 Å². The molecular weight excluding hydrogens is 161 g/mol. The molecule has 0 heterocycles. The smallest absolute Gasteiger partial charge is 0.395 e. The highest BCUT2D eigenvalue weighted by atomic mass is 19.4. The molecule has 3 nitrogen and oxygen atoms in total. The van der Waals surface area contributed by atoms with Crippen molar-refractivity contribution in [3.63, 3.8) is 0 Å². The molecule has 0 amide bonds. The summed E-state index contributed by atoms with van der Waals surface area (Å²) in [6.07, 6.45) is -4.37. The van der Waals surface area contributed by atoms with Gasteiger partial charge in [-0.05, 0) is 0 Å². The van der Waals surface area contributed by atoms with Gasteiger partial charge in [-0.15, -0.1) is 0 Å². The summed E-state index contributed by atoms with van der Waals surface area (Å²) in [4.78, 5) is 0. The van der Waals surface area contributed by atoms with E-state index in [9.17, 15) is 13.2 Å². The molecule has 0 saturated heterocycles. The number of hydrogen-bond acceptors (Lipinski definition) is 3. The molecule has 0 aliphatic rings. The fourth-order valence-corrected chi connectivity index (χ4v) is 0.612. The molecule has 0 fully saturated rings. The number of nitrogens with zero attached hydrogens (tertiary/aromatic N) is 1. The van der Waals surface area contributed by atoms with Crippen molar-refractivity contribution in [2.45, 2.75) is 6.18 Å². The van der Waals surface area contributed by atoms with Crippen LogP contribution in [0.5, 0.6) is 0 Å². The average Bonchev–Trinajstić information content (AvgIpc) is 1.79. The maximum atomic E-state index is 11.8. The Morgan fingerprint density at radius 3 is 2.09 bits per heavy atom. The molecule has 1 atom stereocenters. The van der Waals surface area contributed by atoms with Gasteiger partial charge >= 0.3 is 6.18 Å². The minimum Gasteiger partial charge on any atom is -0.396 e. The number of aliphatic hydroxyl groups excluding tert-OH is 1. The second-order valence-electron chi connectivity index (χ2n) is 2.36. The fraction of sp³-hybridized carbons (Fsp3) is 1.00. The average molecular weight is 172 g/mol. The van der Waals surface area contributed by atoms with Crippen LogP contribution in [0, 0.1) is 5.92 Å². The molecular formula is C5H11F3N2O. The highest BCUT2D eigenvalue weighted by Crippen LogP contribution is 2.25. The van der Waals surface area contributed by atoms with Crippen molar-refractivity contribution in [1.29, 1.82) is 0 Å². The third-order valence-corrected chi connectivity index (χ3v) is 1.19. The van der Waals surface area contributed by atoms with Crippen molar-refractivity contribution < 1.29 is 18.3 Å². The van der Waals surface area contributed by atoms with E-state index in [1.165, 1.54) is 7.05 Å². The van der Waals surface area contributed by atoms with Crippen molar-refractivity contribution in [2.75, 3.05) is 20.2 Å². The van der Waals surface area contributed by atoms with Gasteiger partial charge in [0.1, 0.15) is 0 Å². The molecule has 0 aromatic carbocycles. The molecule has 3 N–H and O–H groups in total. The van der Waals surface area contributed by atoms with Gasteiger partial charge in [-0.2, -0.15) is 13.2 Å². The van der Waals surface area contributed by atoms with Gasteiger partial charge < -0.3 is 5.11 Å². The topological polar surface area (TPSA) is 49.5 Å². The molecule has 6 heteroatoms. The van der Waals surface area contributed by atoms with E-state index in [0.29, 0.717) is 0 Å². The van der Waals surface area contributed by atoms with Gasteiger partial charge in [0.2, 0.25) is 0 Å². The zero-order chi connectivity index (χ0) is 9.07. The normalized spacial score (nSPS) is 15.5. The number of rotatable bonds is 3. The monoisotopic (exact) mass is 172 g/mol. The van der Waals surface area contributed by atoms with Crippen LogP contribution in [-0.4, -0.2) is 36.5 Å². The van der Waals surface area contributed by atoms with E-state index >= 15 is 0 Å². The first kappa shape index (κ1) is 10.7. The number of hydrazine groups is 1. The number of nitrogens with two attached hydrogens (primary N) is 1. The van der Waals surface area contributed by atoms with Gasteiger partial charge in [-0.3, -0.25) is 5.84 Å². The highest BCUT2D eigenvalue weighted by Gasteiger charge is 2.39. The highest BCUT2D eigenvalue weighted by molar-refractivity contribution is 4.67. The molecule has 11 heavy (non-hydrogen) atoms. The van der Waals surface area contributed by atoms with Crippen molar-refractivity contribution in [3.05, 3.63) is 0 Å². The molecule has 0 rings (SSSR count). The van der Waals surface area contributed by atoms with Crippen LogP contribution >= 0.6 is 0 Å². The van der Waals surface area contributed by atoms with Crippen molar-refractivity contribution in [1.82, 2.24) is 5.01 Å². The minimum atomic E-state index is -4.37. The van der Waals surface area contributed by atoms with Crippen molar-refractivity contribution in [2.24, 2.45) is 11.8 Å². The van der Waals surface area contributed by atoms with Crippen molar-refractivity contribution in [3.8, 4) is 0 Å². The molecule has 1 unspecified atom stereocenters. The molecule has 0 aromatic heterocycles. The number of alkyl halides is 3. The van der Waals surface area contributed by atoms with Crippen LogP contribution < -0.4 is 5.84 Å². The van der Waals surface area contributed by atoms with Gasteiger partial charge in [-0.25, -0.2) is 5.01 Å². The summed E-state index contributed by atoms with van der Waals surface area (Å²) in [6, 6.07) is 0. The Morgan fingerprint density at radius 1 is 1.55 bits per heavy atom. The zero-order valence-corrected chi connectivity index (χ0v) is 6.10. The predicted molar refractivity (Wildman–Crippen MR) is 33.4 cm³/mol. The molecule has 0 radical (unpaired) electrons. The summed E-state index contributed by atoms with van der Waals surface area (Å²) in [6.45, 7) is -1.31. The van der Waals surface area contributed by atoms with E-state index in [1.54, 1.807) is 0 Å². The Morgan fingerprint density at radius 2 is 2.00 bits per heavy atom. The second kappa shape index (κ2) is 3.89. The third-order valence-electron chi connectivity index (χ3n) is 1.19. The molecule has 0 spiro atoms. The van der Waals surface area contributed by atoms with E-state index in [0.717, 1.165) is 5.01 Å². The quantitative estimate of drug-likeness (QED) is 0.464. The Labute approximate surface area is 62.6 Å². The molecule has 68 valence electrons. The van der Waals surface area contributed by atoms with E-state index in [2.05, 4.69) is 0 Å². The van der Waals surface area contributed by atoms with Crippen LogP contribution in [0.4, 0.5) is 13.2 Å². The van der Waals surface area contributed by atoms with Crippen LogP contribution in [0.1, 0.15) is 0 Å². The molecule has 0 aromatic rings. The summed E-state index contributed by atoms with van der Waals surface area (Å²) in [5.41, 5.74) is 0. The number of hydrogen-bond donors (Lipinski definition) is 2. The molecule has 0 bridgehead atoms. The lowest BCUT2D eigenvalue weighted by Gasteiger charge is -2.20. The summed E-state index contributed by atoms with van der Waals surface area (Å²) >= 11 is 0.